The zero-order valence-corrected chi connectivity index (χ0v) is 18.9. The fraction of sp³-hybridized carbons (Fsp3) is 0.500. The maximum atomic E-state index is 6.70. The Bertz CT molecular complexity index is 575. The molecule has 1 saturated carbocycles. The number of halogens is 11. The lowest BCUT2D eigenvalue weighted by atomic mass is 9.79. The summed E-state index contributed by atoms with van der Waals surface area (Å²) >= 11 is 69.8. The molecule has 0 radical (unpaired) electrons. The molecule has 0 nitrogen and oxygen atoms in total. The molecule has 0 amide bonds. The van der Waals surface area contributed by atoms with Crippen LogP contribution in [-0.2, 0) is 4.87 Å². The minimum absolute atomic E-state index is 0.261. The second-order valence-electron chi connectivity index (χ2n) is 4.90. The van der Waals surface area contributed by atoms with Crippen molar-refractivity contribution in [3.05, 3.63) is 35.9 Å². The maximum Gasteiger partial charge on any atom is 0.189 e. The molecular formula is C12H5Cl11. The molecule has 2 rings (SSSR count). The predicted molar refractivity (Wildman–Crippen MR) is 106 cm³/mol. The molecule has 0 atom stereocenters. The Labute approximate surface area is 188 Å². The molecule has 1 fully saturated rings. The van der Waals surface area contributed by atoms with Gasteiger partial charge in [0.1, 0.15) is 4.87 Å². The van der Waals surface area contributed by atoms with Gasteiger partial charge < -0.3 is 0 Å². The van der Waals surface area contributed by atoms with Crippen LogP contribution in [0.1, 0.15) is 5.56 Å². The average molecular weight is 539 g/mol. The number of rotatable bonds is 1. The van der Waals surface area contributed by atoms with Crippen LogP contribution in [0, 0.1) is 0 Å². The fourth-order valence-corrected chi connectivity index (χ4v) is 6.90. The summed E-state index contributed by atoms with van der Waals surface area (Å²) in [7, 11) is 0. The summed E-state index contributed by atoms with van der Waals surface area (Å²) in [4.78, 5) is -2.08. The molecule has 0 spiro atoms. The Kier molecular flexibility index (Phi) is 5.86. The van der Waals surface area contributed by atoms with E-state index in [1.54, 1.807) is 30.3 Å². The van der Waals surface area contributed by atoms with E-state index in [1.165, 1.54) is 0 Å². The highest BCUT2D eigenvalue weighted by molar-refractivity contribution is 6.80. The molecule has 0 aliphatic heterocycles. The molecule has 1 aliphatic rings. The van der Waals surface area contributed by atoms with Crippen LogP contribution in [0.25, 0.3) is 0 Å². The van der Waals surface area contributed by atoms with Gasteiger partial charge in [0.2, 0.25) is 0 Å². The second kappa shape index (κ2) is 6.21. The topological polar surface area (TPSA) is 0 Å². The molecular weight excluding hydrogens is 534 g/mol. The van der Waals surface area contributed by atoms with Crippen molar-refractivity contribution >= 4 is 128 Å². The Hall–Kier alpha value is 2.41. The molecule has 0 aromatic heterocycles. The van der Waals surface area contributed by atoms with Gasteiger partial charge in [0.05, 0.1) is 0 Å². The van der Waals surface area contributed by atoms with Crippen LogP contribution in [0.3, 0.4) is 0 Å². The van der Waals surface area contributed by atoms with Crippen molar-refractivity contribution in [2.24, 2.45) is 0 Å². The first-order valence-electron chi connectivity index (χ1n) is 5.74. The smallest absolute Gasteiger partial charge is 0.107 e. The van der Waals surface area contributed by atoms with Crippen molar-refractivity contribution in [1.29, 1.82) is 0 Å². The first kappa shape index (κ1) is 21.7. The number of hydrogen-bond donors (Lipinski definition) is 0. The third kappa shape index (κ3) is 2.47. The van der Waals surface area contributed by atoms with Gasteiger partial charge in [-0.25, -0.2) is 0 Å². The maximum absolute atomic E-state index is 6.70. The monoisotopic (exact) mass is 534 g/mol. The number of benzene rings is 1. The standard InChI is InChI=1S/C12H5Cl11/c13-7(6-4-2-1-3-5-6)8(14,15)10(18,19)12(22,23)11(20,21)9(7,16)17/h1-5H. The molecule has 0 saturated heterocycles. The van der Waals surface area contributed by atoms with E-state index >= 15 is 0 Å². The highest BCUT2D eigenvalue weighted by Gasteiger charge is 2.88. The van der Waals surface area contributed by atoms with Gasteiger partial charge in [0.25, 0.3) is 0 Å². The zero-order valence-electron chi connectivity index (χ0n) is 10.5. The number of hydrogen-bond acceptors (Lipinski definition) is 0. The summed E-state index contributed by atoms with van der Waals surface area (Å²) in [5.74, 6) is 0. The minimum Gasteiger partial charge on any atom is -0.107 e. The third-order valence-electron chi connectivity index (χ3n) is 3.61. The molecule has 1 aliphatic carbocycles. The lowest BCUT2D eigenvalue weighted by Crippen LogP contribution is -2.78. The van der Waals surface area contributed by atoms with Gasteiger partial charge in [-0.1, -0.05) is 146 Å². The molecule has 0 bridgehead atoms. The molecule has 0 unspecified atom stereocenters. The third-order valence-corrected chi connectivity index (χ3v) is 12.0. The van der Waals surface area contributed by atoms with Crippen molar-refractivity contribution in [1.82, 2.24) is 0 Å². The molecule has 130 valence electrons. The summed E-state index contributed by atoms with van der Waals surface area (Å²) in [5, 5.41) is 0. The van der Waals surface area contributed by atoms with E-state index in [2.05, 4.69) is 0 Å². The van der Waals surface area contributed by atoms with Gasteiger partial charge in [-0.15, -0.1) is 11.6 Å². The second-order valence-corrected chi connectivity index (χ2v) is 12.1. The summed E-state index contributed by atoms with van der Waals surface area (Å²) < 4.78 is -11.7. The summed E-state index contributed by atoms with van der Waals surface area (Å²) in [6.07, 6.45) is 0. The first-order chi connectivity index (χ1) is 10.1. The predicted octanol–water partition coefficient (Wildman–Crippen LogP) is 8.00. The lowest BCUT2D eigenvalue weighted by Gasteiger charge is -2.63. The van der Waals surface area contributed by atoms with Gasteiger partial charge in [-0.2, -0.15) is 0 Å². The molecule has 11 heteroatoms. The van der Waals surface area contributed by atoms with Crippen LogP contribution < -0.4 is 0 Å². The van der Waals surface area contributed by atoms with Crippen molar-refractivity contribution in [3.63, 3.8) is 0 Å². The lowest BCUT2D eigenvalue weighted by molar-refractivity contribution is 0.305. The summed E-state index contributed by atoms with van der Waals surface area (Å²) in [6, 6.07) is 8.11. The van der Waals surface area contributed by atoms with Crippen molar-refractivity contribution in [3.8, 4) is 0 Å². The van der Waals surface area contributed by atoms with E-state index in [1.807, 2.05) is 0 Å². The minimum atomic E-state index is -2.38. The van der Waals surface area contributed by atoms with E-state index in [0.29, 0.717) is 0 Å². The fourth-order valence-electron chi connectivity index (χ4n) is 2.25. The van der Waals surface area contributed by atoms with E-state index in [4.69, 9.17) is 128 Å². The van der Waals surface area contributed by atoms with E-state index in [-0.39, 0.29) is 5.56 Å². The van der Waals surface area contributed by atoms with Crippen LogP contribution >= 0.6 is 128 Å². The van der Waals surface area contributed by atoms with E-state index in [0.717, 1.165) is 0 Å². The van der Waals surface area contributed by atoms with Gasteiger partial charge in [0, 0.05) is 0 Å². The van der Waals surface area contributed by atoms with E-state index < -0.39 is 26.5 Å². The molecule has 23 heavy (non-hydrogen) atoms. The Balaban J connectivity index is 2.91. The van der Waals surface area contributed by atoms with E-state index in [9.17, 15) is 0 Å². The molecule has 1 aromatic carbocycles. The molecule has 1 aromatic rings. The van der Waals surface area contributed by atoms with Crippen molar-refractivity contribution in [2.75, 3.05) is 0 Å². The molecule has 0 heterocycles. The number of alkyl halides is 11. The van der Waals surface area contributed by atoms with Crippen LogP contribution in [0.5, 0.6) is 0 Å². The molecule has 0 N–H and O–H groups in total. The van der Waals surface area contributed by atoms with Gasteiger partial charge in [-0.05, 0) is 5.56 Å². The largest absolute Gasteiger partial charge is 0.189 e. The zero-order chi connectivity index (χ0) is 18.1. The van der Waals surface area contributed by atoms with Crippen LogP contribution in [0.4, 0.5) is 0 Å². The average Bonchev–Trinajstić information content (AvgIpc) is 2.45. The van der Waals surface area contributed by atoms with Crippen LogP contribution in [0.2, 0.25) is 0 Å². The SMILES string of the molecule is ClC1(Cl)C(Cl)(Cl)C(Cl)(Cl)C(Cl)(c2ccccc2)C(Cl)(Cl)C1(Cl)Cl. The quantitative estimate of drug-likeness (QED) is 0.318. The highest BCUT2D eigenvalue weighted by atomic mass is 35.6. The van der Waals surface area contributed by atoms with Gasteiger partial charge >= 0.3 is 0 Å². The van der Waals surface area contributed by atoms with Crippen molar-refractivity contribution in [2.45, 2.75) is 26.5 Å². The van der Waals surface area contributed by atoms with Gasteiger partial charge in [-0.3, -0.25) is 0 Å². The Morgan fingerprint density at radius 2 is 0.739 bits per heavy atom. The van der Waals surface area contributed by atoms with Crippen molar-refractivity contribution < 1.29 is 0 Å². The van der Waals surface area contributed by atoms with Crippen LogP contribution in [-0.4, -0.2) is 21.7 Å². The Morgan fingerprint density at radius 3 is 1.09 bits per heavy atom. The summed E-state index contributed by atoms with van der Waals surface area (Å²) in [5.41, 5.74) is 0.261. The first-order valence-corrected chi connectivity index (χ1v) is 9.90. The van der Waals surface area contributed by atoms with Gasteiger partial charge in [0.15, 0.2) is 21.7 Å². The summed E-state index contributed by atoms with van der Waals surface area (Å²) in [6.45, 7) is 0. The van der Waals surface area contributed by atoms with Crippen LogP contribution in [0.15, 0.2) is 30.3 Å². The highest BCUT2D eigenvalue weighted by Crippen LogP contribution is 2.79. The Morgan fingerprint density at radius 1 is 0.435 bits per heavy atom. The normalized spacial score (nSPS) is 29.0.